The first-order valence-electron chi connectivity index (χ1n) is 14.4. The number of nitrogens with zero attached hydrogens (tertiary/aromatic N) is 1. The molecule has 2 atom stereocenters. The Balaban J connectivity index is 1.28. The Morgan fingerprint density at radius 2 is 1.86 bits per heavy atom. The summed E-state index contributed by atoms with van der Waals surface area (Å²) in [5.74, 6) is 0.540. The molecule has 2 amide bonds. The van der Waals surface area contributed by atoms with E-state index in [0.717, 1.165) is 37.2 Å². The van der Waals surface area contributed by atoms with Crippen LogP contribution in [0.15, 0.2) is 41.3 Å². The Morgan fingerprint density at radius 1 is 1.10 bits per heavy atom. The lowest BCUT2D eigenvalue weighted by molar-refractivity contribution is -0.110. The second-order valence-electron chi connectivity index (χ2n) is 11.5. The van der Waals surface area contributed by atoms with Crippen molar-refractivity contribution in [2.24, 2.45) is 5.92 Å². The Kier molecular flexibility index (Phi) is 8.33. The molecule has 3 aromatic rings. The van der Waals surface area contributed by atoms with Gasteiger partial charge < -0.3 is 20.5 Å². The molecular formula is C32H34Cl2N4O3S. The third kappa shape index (κ3) is 5.95. The molecule has 2 aromatic carbocycles. The number of nitrogens with one attached hydrogen (secondary N) is 3. The minimum Gasteiger partial charge on any atom is -0.358 e. The number of H-pyrrole nitrogens is 1. The number of amides is 2. The molecule has 1 aromatic heterocycles. The van der Waals surface area contributed by atoms with Gasteiger partial charge in [0.25, 0.3) is 11.8 Å². The predicted molar refractivity (Wildman–Crippen MR) is 169 cm³/mol. The van der Waals surface area contributed by atoms with Crippen molar-refractivity contribution in [2.45, 2.75) is 56.2 Å². The fourth-order valence-electron chi connectivity index (χ4n) is 5.91. The minimum absolute atomic E-state index is 0.0405. The molecule has 1 saturated heterocycles. The SMILES string of the molecule is Cc1[nH]c(C=C2C(=O)Nc3ccc(S(=O)Cc4c(Cl)cccc4Cl)cc32)c(C)c1C(=O)N(CC1CC1)C[C@H]1CCCN1. The van der Waals surface area contributed by atoms with E-state index in [4.69, 9.17) is 23.2 Å². The maximum Gasteiger partial charge on any atom is 0.256 e. The summed E-state index contributed by atoms with van der Waals surface area (Å²) in [6.07, 6.45) is 6.38. The number of halogens is 2. The molecular weight excluding hydrogens is 591 g/mol. The zero-order chi connectivity index (χ0) is 29.5. The fraction of sp³-hybridized carbons (Fsp3) is 0.375. The van der Waals surface area contributed by atoms with Crippen LogP contribution in [0.5, 0.6) is 0 Å². The predicted octanol–water partition coefficient (Wildman–Crippen LogP) is 6.34. The van der Waals surface area contributed by atoms with Crippen molar-refractivity contribution < 1.29 is 13.8 Å². The lowest BCUT2D eigenvalue weighted by atomic mass is 10.0. The van der Waals surface area contributed by atoms with Crippen LogP contribution < -0.4 is 10.6 Å². The largest absolute Gasteiger partial charge is 0.358 e. The molecule has 1 saturated carbocycles. The molecule has 3 aliphatic rings. The van der Waals surface area contributed by atoms with E-state index in [0.29, 0.717) is 67.1 Å². The van der Waals surface area contributed by atoms with E-state index in [1.807, 2.05) is 18.7 Å². The lowest BCUT2D eigenvalue weighted by Gasteiger charge is -2.26. The first-order valence-corrected chi connectivity index (χ1v) is 16.5. The number of carbonyl (C=O) groups excluding carboxylic acids is 2. The Morgan fingerprint density at radius 3 is 2.55 bits per heavy atom. The van der Waals surface area contributed by atoms with Crippen LogP contribution in [0, 0.1) is 19.8 Å². The summed E-state index contributed by atoms with van der Waals surface area (Å²) in [4.78, 5) is 32.9. The van der Waals surface area contributed by atoms with E-state index in [9.17, 15) is 13.8 Å². The van der Waals surface area contributed by atoms with Crippen molar-refractivity contribution in [1.29, 1.82) is 0 Å². The van der Waals surface area contributed by atoms with Crippen LogP contribution in [0.4, 0.5) is 5.69 Å². The molecule has 0 bridgehead atoms. The van der Waals surface area contributed by atoms with Gasteiger partial charge in [-0.3, -0.25) is 13.8 Å². The van der Waals surface area contributed by atoms with E-state index in [1.54, 1.807) is 42.5 Å². The van der Waals surface area contributed by atoms with Crippen molar-refractivity contribution >= 4 is 63.2 Å². The molecule has 10 heteroatoms. The number of hydrogen-bond donors (Lipinski definition) is 3. The van der Waals surface area contributed by atoms with Gasteiger partial charge in [0, 0.05) is 62.3 Å². The summed E-state index contributed by atoms with van der Waals surface area (Å²) in [6, 6.07) is 10.8. The van der Waals surface area contributed by atoms with Crippen LogP contribution in [-0.4, -0.2) is 51.6 Å². The van der Waals surface area contributed by atoms with Gasteiger partial charge in [-0.15, -0.1) is 0 Å². The quantitative estimate of drug-likeness (QED) is 0.242. The molecule has 0 radical (unpaired) electrons. The van der Waals surface area contributed by atoms with Crippen molar-refractivity contribution in [3.05, 3.63) is 80.1 Å². The summed E-state index contributed by atoms with van der Waals surface area (Å²) in [7, 11) is -1.44. The normalized spacial score (nSPS) is 19.7. The number of carbonyl (C=O) groups is 2. The number of hydrogen-bond acceptors (Lipinski definition) is 4. The maximum absolute atomic E-state index is 13.9. The molecule has 2 aliphatic heterocycles. The summed E-state index contributed by atoms with van der Waals surface area (Å²) < 4.78 is 13.3. The van der Waals surface area contributed by atoms with Crippen LogP contribution in [-0.2, 0) is 21.3 Å². The Labute approximate surface area is 258 Å². The van der Waals surface area contributed by atoms with E-state index < -0.39 is 10.8 Å². The summed E-state index contributed by atoms with van der Waals surface area (Å²) >= 11 is 12.6. The molecule has 1 unspecified atom stereocenters. The van der Waals surface area contributed by atoms with Gasteiger partial charge in [0.2, 0.25) is 0 Å². The highest BCUT2D eigenvalue weighted by Gasteiger charge is 2.32. The summed E-state index contributed by atoms with van der Waals surface area (Å²) in [6.45, 7) is 6.34. The van der Waals surface area contributed by atoms with Crippen LogP contribution in [0.2, 0.25) is 10.0 Å². The molecule has 220 valence electrons. The van der Waals surface area contributed by atoms with Crippen molar-refractivity contribution in [3.8, 4) is 0 Å². The van der Waals surface area contributed by atoms with Crippen molar-refractivity contribution in [2.75, 3.05) is 25.0 Å². The number of rotatable bonds is 9. The second kappa shape index (κ2) is 12.0. The third-order valence-electron chi connectivity index (χ3n) is 8.42. The molecule has 6 rings (SSSR count). The zero-order valence-electron chi connectivity index (χ0n) is 23.7. The number of benzene rings is 2. The number of fused-ring (bicyclic) bond motifs is 1. The van der Waals surface area contributed by atoms with Gasteiger partial charge in [-0.05, 0) is 94.0 Å². The van der Waals surface area contributed by atoms with Crippen LogP contribution >= 0.6 is 23.2 Å². The van der Waals surface area contributed by atoms with E-state index in [2.05, 4.69) is 15.6 Å². The first kappa shape index (κ1) is 29.2. The van der Waals surface area contributed by atoms with Crippen LogP contribution in [0.3, 0.4) is 0 Å². The standard InChI is InChI=1S/C32H34Cl2N4O3S/c1-18-29(36-19(2)30(18)32(40)38(15-20-8-9-20)16-21-5-4-12-35-21)14-24-23-13-22(10-11-28(23)37-31(24)39)42(41)17-25-26(33)6-3-7-27(25)34/h3,6-7,10-11,13-14,20-21,35-36H,4-5,8-9,12,15-17H2,1-2H3,(H,37,39)/t21-,42?/m1/s1. The molecule has 1 aliphatic carbocycles. The highest BCUT2D eigenvalue weighted by atomic mass is 35.5. The Hall–Kier alpha value is -2.91. The third-order valence-corrected chi connectivity index (χ3v) is 10.5. The molecule has 42 heavy (non-hydrogen) atoms. The first-order chi connectivity index (χ1) is 20.2. The van der Waals surface area contributed by atoms with Crippen molar-refractivity contribution in [3.63, 3.8) is 0 Å². The van der Waals surface area contributed by atoms with E-state index >= 15 is 0 Å². The van der Waals surface area contributed by atoms with E-state index in [1.165, 1.54) is 12.8 Å². The smallest absolute Gasteiger partial charge is 0.256 e. The minimum atomic E-state index is -1.44. The summed E-state index contributed by atoms with van der Waals surface area (Å²) in [5, 5.41) is 7.36. The van der Waals surface area contributed by atoms with Gasteiger partial charge in [0.15, 0.2) is 0 Å². The zero-order valence-corrected chi connectivity index (χ0v) is 26.0. The average molecular weight is 626 g/mol. The number of aryl methyl sites for hydroxylation is 1. The van der Waals surface area contributed by atoms with Gasteiger partial charge >= 0.3 is 0 Å². The number of aromatic nitrogens is 1. The lowest BCUT2D eigenvalue weighted by Crippen LogP contribution is -2.42. The number of anilines is 1. The molecule has 7 nitrogen and oxygen atoms in total. The molecule has 3 N–H and O–H groups in total. The van der Waals surface area contributed by atoms with Gasteiger partial charge in [-0.1, -0.05) is 29.3 Å². The van der Waals surface area contributed by atoms with Crippen molar-refractivity contribution in [1.82, 2.24) is 15.2 Å². The molecule has 0 spiro atoms. The van der Waals surface area contributed by atoms with E-state index in [-0.39, 0.29) is 17.6 Å². The Bertz CT molecular complexity index is 1600. The average Bonchev–Trinajstić information content (AvgIpc) is 3.39. The summed E-state index contributed by atoms with van der Waals surface area (Å²) in [5.41, 5.74) is 5.39. The maximum atomic E-state index is 13.9. The highest BCUT2D eigenvalue weighted by Crippen LogP contribution is 2.37. The van der Waals surface area contributed by atoms with Crippen LogP contribution in [0.25, 0.3) is 11.6 Å². The van der Waals surface area contributed by atoms with Gasteiger partial charge in [-0.2, -0.15) is 0 Å². The molecule has 2 fully saturated rings. The monoisotopic (exact) mass is 624 g/mol. The fourth-order valence-corrected chi connectivity index (χ4v) is 7.81. The highest BCUT2D eigenvalue weighted by molar-refractivity contribution is 7.84. The van der Waals surface area contributed by atoms with Gasteiger partial charge in [-0.25, -0.2) is 0 Å². The topological polar surface area (TPSA) is 94.3 Å². The van der Waals surface area contributed by atoms with Gasteiger partial charge in [0.1, 0.15) is 0 Å². The second-order valence-corrected chi connectivity index (χ2v) is 13.8. The van der Waals surface area contributed by atoms with Gasteiger partial charge in [0.05, 0.1) is 27.7 Å². The van der Waals surface area contributed by atoms with Crippen LogP contribution in [0.1, 0.15) is 64.1 Å². The molecule has 3 heterocycles. The number of aromatic amines is 1.